The predicted octanol–water partition coefficient (Wildman–Crippen LogP) is 3.82. The molecule has 1 aliphatic heterocycles. The Morgan fingerprint density at radius 2 is 2.00 bits per heavy atom. The highest BCUT2D eigenvalue weighted by Crippen LogP contribution is 2.38. The zero-order chi connectivity index (χ0) is 19.3. The number of amides is 1. The molecule has 1 aliphatic rings. The normalized spacial score (nSPS) is 19.9. The lowest BCUT2D eigenvalue weighted by Gasteiger charge is -2.40. The van der Waals surface area contributed by atoms with Gasteiger partial charge in [0.1, 0.15) is 5.82 Å². The van der Waals surface area contributed by atoms with Crippen molar-refractivity contribution in [1.29, 1.82) is 5.41 Å². The van der Waals surface area contributed by atoms with Crippen molar-refractivity contribution in [2.24, 2.45) is 0 Å². The second-order valence-electron chi connectivity index (χ2n) is 7.01. The van der Waals surface area contributed by atoms with Gasteiger partial charge in [-0.05, 0) is 43.7 Å². The molecule has 2 N–H and O–H groups in total. The molecule has 3 aromatic rings. The molecule has 0 unspecified atom stereocenters. The van der Waals surface area contributed by atoms with E-state index in [9.17, 15) is 9.18 Å². The highest BCUT2D eigenvalue weighted by molar-refractivity contribution is 7.25. The van der Waals surface area contributed by atoms with Gasteiger partial charge in [0.25, 0.3) is 5.91 Å². The van der Waals surface area contributed by atoms with Crippen molar-refractivity contribution in [3.63, 3.8) is 0 Å². The van der Waals surface area contributed by atoms with Crippen molar-refractivity contribution in [3.8, 4) is 11.8 Å². The van der Waals surface area contributed by atoms with E-state index in [-0.39, 0.29) is 17.6 Å². The molecule has 0 radical (unpaired) electrons. The smallest absolute Gasteiger partial charge is 0.288 e. The fourth-order valence-corrected chi connectivity index (χ4v) is 4.73. The quantitative estimate of drug-likeness (QED) is 0.632. The number of nitrogens with one attached hydrogen (secondary N) is 2. The molecule has 0 bridgehead atoms. The fraction of sp³-hybridized carbons (Fsp3) is 0.238. The average molecular weight is 379 g/mol. The molecule has 2 heterocycles. The molecule has 1 amide bonds. The maximum atomic E-state index is 14.2. The van der Waals surface area contributed by atoms with Gasteiger partial charge in [0.2, 0.25) is 0 Å². The van der Waals surface area contributed by atoms with Gasteiger partial charge < -0.3 is 10.2 Å². The standard InChI is InChI=1S/C21H18FN3OS/c1-4-5-12-8-14-15-9-13(6-7-17(15)27-18(14)10-16(12)22)21(2)11-25(3)20(26)19(23)24-21/h6-10H,11H2,1-3H3,(H2,23,24)/t21-/m0/s1. The molecular formula is C21H18FN3OS. The molecule has 1 fully saturated rings. The minimum atomic E-state index is -0.561. The Labute approximate surface area is 160 Å². The van der Waals surface area contributed by atoms with Gasteiger partial charge in [0.15, 0.2) is 5.84 Å². The Bertz CT molecular complexity index is 1190. The van der Waals surface area contributed by atoms with Crippen LogP contribution >= 0.6 is 11.3 Å². The number of nitrogens with zero attached hydrogens (tertiary/aromatic N) is 1. The minimum absolute atomic E-state index is 0.107. The Morgan fingerprint density at radius 3 is 2.70 bits per heavy atom. The van der Waals surface area contributed by atoms with E-state index in [2.05, 4.69) is 23.2 Å². The summed E-state index contributed by atoms with van der Waals surface area (Å²) in [5.74, 6) is 4.85. The van der Waals surface area contributed by atoms with E-state index in [1.807, 2.05) is 19.1 Å². The van der Waals surface area contributed by atoms with Crippen molar-refractivity contribution in [1.82, 2.24) is 10.2 Å². The number of piperazine rings is 1. The van der Waals surface area contributed by atoms with E-state index >= 15 is 0 Å². The Hall–Kier alpha value is -2.91. The number of carbonyl (C=O) groups is 1. The lowest BCUT2D eigenvalue weighted by atomic mass is 9.88. The summed E-state index contributed by atoms with van der Waals surface area (Å²) >= 11 is 1.54. The summed E-state index contributed by atoms with van der Waals surface area (Å²) in [6.07, 6.45) is 0. The molecule has 0 aliphatic carbocycles. The van der Waals surface area contributed by atoms with Gasteiger partial charge in [-0.3, -0.25) is 10.2 Å². The zero-order valence-corrected chi connectivity index (χ0v) is 16.1. The Morgan fingerprint density at radius 1 is 1.26 bits per heavy atom. The summed E-state index contributed by atoms with van der Waals surface area (Å²) in [6, 6.07) is 9.44. The van der Waals surface area contributed by atoms with Gasteiger partial charge in [-0.1, -0.05) is 12.0 Å². The van der Waals surface area contributed by atoms with Crippen molar-refractivity contribution >= 4 is 43.3 Å². The first-order valence-electron chi connectivity index (χ1n) is 8.53. The van der Waals surface area contributed by atoms with E-state index in [1.54, 1.807) is 42.3 Å². The van der Waals surface area contributed by atoms with Crippen LogP contribution in [0.1, 0.15) is 25.0 Å². The second kappa shape index (κ2) is 6.07. The first-order chi connectivity index (χ1) is 12.8. The van der Waals surface area contributed by atoms with Crippen LogP contribution in [0.4, 0.5) is 4.39 Å². The summed E-state index contributed by atoms with van der Waals surface area (Å²) in [5.41, 5.74) is 0.810. The maximum absolute atomic E-state index is 14.2. The SMILES string of the molecule is CC#Cc1cc2c(cc1F)sc1ccc([C@]3(C)CN(C)C(=O)C(=N)N3)cc12. The molecule has 1 atom stereocenters. The van der Waals surface area contributed by atoms with E-state index < -0.39 is 5.54 Å². The molecule has 4 nitrogen and oxygen atoms in total. The van der Waals surface area contributed by atoms with E-state index in [0.29, 0.717) is 12.1 Å². The third kappa shape index (κ3) is 2.75. The van der Waals surface area contributed by atoms with Gasteiger partial charge in [0.05, 0.1) is 11.1 Å². The number of carbonyl (C=O) groups excluding carboxylic acids is 1. The van der Waals surface area contributed by atoms with Crippen LogP contribution in [-0.4, -0.2) is 30.2 Å². The second-order valence-corrected chi connectivity index (χ2v) is 8.09. The molecule has 136 valence electrons. The van der Waals surface area contributed by atoms with Gasteiger partial charge in [-0.2, -0.15) is 0 Å². The van der Waals surface area contributed by atoms with Gasteiger partial charge in [-0.15, -0.1) is 17.3 Å². The van der Waals surface area contributed by atoms with Crippen molar-refractivity contribution < 1.29 is 9.18 Å². The lowest BCUT2D eigenvalue weighted by molar-refractivity contribution is -0.125. The van der Waals surface area contributed by atoms with E-state index in [4.69, 9.17) is 5.41 Å². The van der Waals surface area contributed by atoms with E-state index in [1.165, 1.54) is 0 Å². The maximum Gasteiger partial charge on any atom is 0.288 e. The number of hydrogen-bond donors (Lipinski definition) is 2. The average Bonchev–Trinajstić information content (AvgIpc) is 2.96. The molecule has 2 aromatic carbocycles. The highest BCUT2D eigenvalue weighted by atomic mass is 32.1. The number of hydrogen-bond acceptors (Lipinski definition) is 3. The first kappa shape index (κ1) is 17.5. The van der Waals surface area contributed by atoms with Crippen molar-refractivity contribution in [2.45, 2.75) is 19.4 Å². The van der Waals surface area contributed by atoms with Crippen LogP contribution in [-0.2, 0) is 10.3 Å². The Balaban J connectivity index is 1.89. The molecule has 0 saturated carbocycles. The summed E-state index contributed by atoms with van der Waals surface area (Å²) in [7, 11) is 1.70. The number of benzene rings is 2. The van der Waals surface area contributed by atoms with Crippen LogP contribution in [0.25, 0.3) is 20.2 Å². The highest BCUT2D eigenvalue weighted by Gasteiger charge is 2.37. The molecule has 1 saturated heterocycles. The van der Waals surface area contributed by atoms with Crippen molar-refractivity contribution in [3.05, 3.63) is 47.3 Å². The predicted molar refractivity (Wildman–Crippen MR) is 108 cm³/mol. The van der Waals surface area contributed by atoms with Crippen LogP contribution in [0.3, 0.4) is 0 Å². The summed E-state index contributed by atoms with van der Waals surface area (Å²) in [5, 5.41) is 13.0. The number of fused-ring (bicyclic) bond motifs is 3. The summed E-state index contributed by atoms with van der Waals surface area (Å²) in [4.78, 5) is 13.5. The largest absolute Gasteiger partial charge is 0.355 e. The molecule has 0 spiro atoms. The molecule has 4 rings (SSSR count). The Kier molecular flexibility index (Phi) is 3.93. The third-order valence-electron chi connectivity index (χ3n) is 4.97. The van der Waals surface area contributed by atoms with Crippen LogP contribution in [0.15, 0.2) is 30.3 Å². The van der Waals surface area contributed by atoms with Gasteiger partial charge in [0, 0.05) is 33.8 Å². The van der Waals surface area contributed by atoms with Gasteiger partial charge in [-0.25, -0.2) is 4.39 Å². The van der Waals surface area contributed by atoms with Gasteiger partial charge >= 0.3 is 0 Å². The topological polar surface area (TPSA) is 56.2 Å². The van der Waals surface area contributed by atoms with Crippen LogP contribution in [0.5, 0.6) is 0 Å². The molecular weight excluding hydrogens is 361 g/mol. The monoisotopic (exact) mass is 379 g/mol. The third-order valence-corrected chi connectivity index (χ3v) is 6.10. The molecule has 6 heteroatoms. The summed E-state index contributed by atoms with van der Waals surface area (Å²) in [6.45, 7) is 4.13. The lowest BCUT2D eigenvalue weighted by Crippen LogP contribution is -2.61. The number of rotatable bonds is 1. The molecule has 1 aromatic heterocycles. The van der Waals surface area contributed by atoms with Crippen LogP contribution < -0.4 is 5.32 Å². The number of likely N-dealkylation sites (N-methyl/N-ethyl adjacent to an activating group) is 1. The summed E-state index contributed by atoms with van der Waals surface area (Å²) < 4.78 is 16.2. The van der Waals surface area contributed by atoms with Crippen LogP contribution in [0.2, 0.25) is 0 Å². The zero-order valence-electron chi connectivity index (χ0n) is 15.2. The van der Waals surface area contributed by atoms with Crippen LogP contribution in [0, 0.1) is 23.1 Å². The van der Waals surface area contributed by atoms with Crippen molar-refractivity contribution in [2.75, 3.05) is 13.6 Å². The first-order valence-corrected chi connectivity index (χ1v) is 9.35. The number of amidine groups is 1. The fourth-order valence-electron chi connectivity index (χ4n) is 3.64. The molecule has 27 heavy (non-hydrogen) atoms. The number of thiophene rings is 1. The number of halogens is 1. The van der Waals surface area contributed by atoms with E-state index in [0.717, 1.165) is 25.7 Å². The minimum Gasteiger partial charge on any atom is -0.355 e.